The molecule has 4 unspecified atom stereocenters. The standard InChI is InChI=1S/C17H22N2O2/c1-11-5-4-8-18-13(11)19-14(20)17-9-12-6-7-16(17,3)15(12,2)10-21-17/h4-5,8,12H,6-7,9-10H2,1-3H3,(H,18,19,20). The van der Waals surface area contributed by atoms with Crippen molar-refractivity contribution in [3.63, 3.8) is 0 Å². The maximum Gasteiger partial charge on any atom is 0.258 e. The summed E-state index contributed by atoms with van der Waals surface area (Å²) in [4.78, 5) is 17.3. The first-order valence-corrected chi connectivity index (χ1v) is 7.80. The van der Waals surface area contributed by atoms with Gasteiger partial charge in [0.15, 0.2) is 5.60 Å². The Hall–Kier alpha value is -1.42. The minimum absolute atomic E-state index is 0.00211. The minimum Gasteiger partial charge on any atom is -0.364 e. The van der Waals surface area contributed by atoms with Crippen LogP contribution in [0.4, 0.5) is 5.82 Å². The van der Waals surface area contributed by atoms with Crippen molar-refractivity contribution in [3.8, 4) is 0 Å². The molecule has 1 saturated heterocycles. The van der Waals surface area contributed by atoms with E-state index in [4.69, 9.17) is 4.74 Å². The molecule has 4 bridgehead atoms. The summed E-state index contributed by atoms with van der Waals surface area (Å²) in [6.07, 6.45) is 4.89. The summed E-state index contributed by atoms with van der Waals surface area (Å²) in [5.41, 5.74) is 0.437. The smallest absolute Gasteiger partial charge is 0.258 e. The zero-order valence-corrected chi connectivity index (χ0v) is 12.9. The molecule has 1 aromatic rings. The van der Waals surface area contributed by atoms with Crippen LogP contribution in [0, 0.1) is 23.7 Å². The number of carbonyl (C=O) groups excluding carboxylic acids is 1. The Labute approximate surface area is 125 Å². The van der Waals surface area contributed by atoms with Gasteiger partial charge in [0, 0.05) is 17.0 Å². The van der Waals surface area contributed by atoms with Crippen LogP contribution in [0.15, 0.2) is 18.3 Å². The third kappa shape index (κ3) is 1.35. The van der Waals surface area contributed by atoms with Crippen molar-refractivity contribution >= 4 is 11.7 Å². The SMILES string of the molecule is Cc1cccnc1NC(=O)C12CC3CCC1(C)C3(C)CO2. The molecule has 3 aliphatic rings. The summed E-state index contributed by atoms with van der Waals surface area (Å²) in [5, 5.41) is 3.02. The lowest BCUT2D eigenvalue weighted by molar-refractivity contribution is -0.149. The van der Waals surface area contributed by atoms with Crippen molar-refractivity contribution in [1.82, 2.24) is 4.98 Å². The molecule has 4 atom stereocenters. The van der Waals surface area contributed by atoms with Crippen LogP contribution in [-0.2, 0) is 9.53 Å². The van der Waals surface area contributed by atoms with E-state index in [1.807, 2.05) is 19.1 Å². The van der Waals surface area contributed by atoms with Crippen molar-refractivity contribution in [2.24, 2.45) is 16.7 Å². The van der Waals surface area contributed by atoms with Crippen LogP contribution in [-0.4, -0.2) is 23.1 Å². The average molecular weight is 286 g/mol. The fourth-order valence-corrected chi connectivity index (χ4v) is 5.08. The number of rotatable bonds is 2. The fraction of sp³-hybridized carbons (Fsp3) is 0.647. The number of carbonyl (C=O) groups is 1. The molecule has 1 aromatic heterocycles. The van der Waals surface area contributed by atoms with Gasteiger partial charge in [-0.05, 0) is 43.7 Å². The number of hydrogen-bond acceptors (Lipinski definition) is 3. The van der Waals surface area contributed by atoms with Gasteiger partial charge in [-0.15, -0.1) is 0 Å². The highest BCUT2D eigenvalue weighted by atomic mass is 16.5. The van der Waals surface area contributed by atoms with Crippen molar-refractivity contribution in [2.75, 3.05) is 11.9 Å². The van der Waals surface area contributed by atoms with Gasteiger partial charge in [0.25, 0.3) is 5.91 Å². The van der Waals surface area contributed by atoms with E-state index in [1.165, 1.54) is 6.42 Å². The van der Waals surface area contributed by atoms with Crippen LogP contribution in [0.25, 0.3) is 0 Å². The molecule has 0 radical (unpaired) electrons. The molecule has 2 saturated carbocycles. The summed E-state index contributed by atoms with van der Waals surface area (Å²) in [6, 6.07) is 3.84. The van der Waals surface area contributed by atoms with E-state index in [0.717, 1.165) is 18.4 Å². The number of aromatic nitrogens is 1. The molecule has 2 heterocycles. The topological polar surface area (TPSA) is 51.2 Å². The van der Waals surface area contributed by atoms with Crippen LogP contribution >= 0.6 is 0 Å². The van der Waals surface area contributed by atoms with Crippen LogP contribution in [0.3, 0.4) is 0 Å². The second kappa shape index (κ2) is 3.86. The van der Waals surface area contributed by atoms with Gasteiger partial charge in [-0.2, -0.15) is 0 Å². The van der Waals surface area contributed by atoms with Crippen LogP contribution < -0.4 is 5.32 Å². The highest BCUT2D eigenvalue weighted by Gasteiger charge is 2.78. The number of ether oxygens (including phenoxy) is 1. The number of anilines is 1. The summed E-state index contributed by atoms with van der Waals surface area (Å²) in [6.45, 7) is 7.22. The predicted molar refractivity (Wildman–Crippen MR) is 79.8 cm³/mol. The number of nitrogens with zero attached hydrogens (tertiary/aromatic N) is 1. The molecule has 21 heavy (non-hydrogen) atoms. The maximum absolute atomic E-state index is 13.0. The number of amides is 1. The Morgan fingerprint density at radius 2 is 2.29 bits per heavy atom. The Balaban J connectivity index is 1.68. The van der Waals surface area contributed by atoms with E-state index >= 15 is 0 Å². The number of nitrogens with one attached hydrogen (secondary N) is 1. The normalized spacial score (nSPS) is 43.3. The first-order valence-electron chi connectivity index (χ1n) is 7.80. The second-order valence-electron chi connectivity index (χ2n) is 7.43. The van der Waals surface area contributed by atoms with Crippen LogP contribution in [0.5, 0.6) is 0 Å². The zero-order valence-electron chi connectivity index (χ0n) is 12.9. The van der Waals surface area contributed by atoms with Gasteiger partial charge < -0.3 is 10.1 Å². The van der Waals surface area contributed by atoms with Gasteiger partial charge in [0.05, 0.1) is 6.61 Å². The lowest BCUT2D eigenvalue weighted by Crippen LogP contribution is -2.52. The predicted octanol–water partition coefficient (Wildman–Crippen LogP) is 2.92. The fourth-order valence-electron chi connectivity index (χ4n) is 5.08. The lowest BCUT2D eigenvalue weighted by atomic mass is 9.66. The van der Waals surface area contributed by atoms with Gasteiger partial charge in [-0.3, -0.25) is 4.79 Å². The Morgan fingerprint density at radius 3 is 2.95 bits per heavy atom. The molecule has 0 aromatic carbocycles. The van der Waals surface area contributed by atoms with E-state index in [-0.39, 0.29) is 16.7 Å². The lowest BCUT2D eigenvalue weighted by Gasteiger charge is -2.39. The van der Waals surface area contributed by atoms with E-state index in [9.17, 15) is 4.79 Å². The Morgan fingerprint density at radius 1 is 1.48 bits per heavy atom. The molecular formula is C17H22N2O2. The molecule has 1 aliphatic heterocycles. The van der Waals surface area contributed by atoms with E-state index in [1.54, 1.807) is 6.20 Å². The van der Waals surface area contributed by atoms with Crippen LogP contribution in [0.2, 0.25) is 0 Å². The highest BCUT2D eigenvalue weighted by molar-refractivity contribution is 5.99. The van der Waals surface area contributed by atoms with Crippen molar-refractivity contribution in [1.29, 1.82) is 0 Å². The summed E-state index contributed by atoms with van der Waals surface area (Å²) >= 11 is 0. The zero-order chi connectivity index (χ0) is 14.9. The molecule has 4 heteroatoms. The van der Waals surface area contributed by atoms with Crippen molar-refractivity contribution in [2.45, 2.75) is 45.6 Å². The van der Waals surface area contributed by atoms with Gasteiger partial charge in [-0.1, -0.05) is 19.9 Å². The second-order valence-corrected chi connectivity index (χ2v) is 7.43. The first kappa shape index (κ1) is 13.3. The quantitative estimate of drug-likeness (QED) is 0.909. The van der Waals surface area contributed by atoms with E-state index in [0.29, 0.717) is 18.3 Å². The van der Waals surface area contributed by atoms with E-state index in [2.05, 4.69) is 24.1 Å². The molecule has 2 aliphatic carbocycles. The largest absolute Gasteiger partial charge is 0.364 e. The summed E-state index contributed by atoms with van der Waals surface area (Å²) in [7, 11) is 0. The number of pyridine rings is 1. The highest BCUT2D eigenvalue weighted by Crippen LogP contribution is 2.75. The Bertz CT molecular complexity index is 631. The van der Waals surface area contributed by atoms with Crippen molar-refractivity contribution < 1.29 is 9.53 Å². The summed E-state index contributed by atoms with van der Waals surface area (Å²) in [5.74, 6) is 1.27. The molecule has 1 amide bonds. The minimum atomic E-state index is -0.658. The van der Waals surface area contributed by atoms with Crippen LogP contribution in [0.1, 0.15) is 38.7 Å². The first-order chi connectivity index (χ1) is 9.93. The van der Waals surface area contributed by atoms with Crippen molar-refractivity contribution in [3.05, 3.63) is 23.9 Å². The molecule has 4 rings (SSSR count). The average Bonchev–Trinajstić information content (AvgIpc) is 2.93. The molecule has 112 valence electrons. The monoisotopic (exact) mass is 286 g/mol. The molecule has 1 N–H and O–H groups in total. The van der Waals surface area contributed by atoms with E-state index < -0.39 is 5.60 Å². The third-order valence-corrected chi connectivity index (χ3v) is 6.81. The Kier molecular flexibility index (Phi) is 2.44. The third-order valence-electron chi connectivity index (χ3n) is 6.81. The summed E-state index contributed by atoms with van der Waals surface area (Å²) < 4.78 is 6.11. The maximum atomic E-state index is 13.0. The van der Waals surface area contributed by atoms with Gasteiger partial charge in [0.1, 0.15) is 5.82 Å². The molecular weight excluding hydrogens is 264 g/mol. The molecule has 4 nitrogen and oxygen atoms in total. The molecule has 0 spiro atoms. The molecule has 3 fully saturated rings. The van der Waals surface area contributed by atoms with Gasteiger partial charge in [0.2, 0.25) is 0 Å². The van der Waals surface area contributed by atoms with Gasteiger partial charge in [-0.25, -0.2) is 4.98 Å². The number of hydrogen-bond donors (Lipinski definition) is 1. The number of aryl methyl sites for hydroxylation is 1. The van der Waals surface area contributed by atoms with Gasteiger partial charge >= 0.3 is 0 Å².